The minimum atomic E-state index is -0.861. The van der Waals surface area contributed by atoms with Gasteiger partial charge < -0.3 is 13.1 Å². The number of rotatable bonds is 0. The molecule has 13 heavy (non-hydrogen) atoms. The summed E-state index contributed by atoms with van der Waals surface area (Å²) in [5.41, 5.74) is 0. The SMILES string of the molecule is [CH2-][Si](C)(C)C.[CH2-][Si](C)(C)C.[Cl][Ti][Cl]. The van der Waals surface area contributed by atoms with Gasteiger partial charge in [-0.25, -0.2) is 0 Å². The summed E-state index contributed by atoms with van der Waals surface area (Å²) in [6, 6.07) is 0. The summed E-state index contributed by atoms with van der Waals surface area (Å²) in [5.74, 6) is 0. The Morgan fingerprint density at radius 3 is 0.769 bits per heavy atom. The van der Waals surface area contributed by atoms with Gasteiger partial charge in [0.2, 0.25) is 0 Å². The second kappa shape index (κ2) is 10.3. The maximum atomic E-state index is 4.89. The third kappa shape index (κ3) is 632. The predicted molar refractivity (Wildman–Crippen MR) is 69.1 cm³/mol. The average molecular weight is 293 g/mol. The van der Waals surface area contributed by atoms with Crippen molar-refractivity contribution in [2.45, 2.75) is 39.3 Å². The molecule has 0 unspecified atom stereocenters. The standard InChI is InChI=1S/2C4H11Si.2ClH.Ti/c2*1-5(2,3)4;;;/h2*1H2,2-4H3;2*1H;/q2*-1;;;+2/p-2. The molecule has 5 heteroatoms. The number of hydrogen-bond acceptors (Lipinski definition) is 0. The van der Waals surface area contributed by atoms with Crippen LogP contribution in [0.25, 0.3) is 0 Å². The molecule has 0 aliphatic heterocycles. The molecule has 0 aliphatic rings. The van der Waals surface area contributed by atoms with Crippen molar-refractivity contribution < 1.29 is 17.0 Å². The molecule has 0 rings (SSSR count). The Balaban J connectivity index is -0.000000120. The van der Waals surface area contributed by atoms with E-state index >= 15 is 0 Å². The predicted octanol–water partition coefficient (Wildman–Crippen LogP) is 4.77. The Labute approximate surface area is 103 Å². The van der Waals surface area contributed by atoms with E-state index < -0.39 is 33.2 Å². The zero-order valence-electron chi connectivity index (χ0n) is 9.67. The summed E-state index contributed by atoms with van der Waals surface area (Å²) in [6.07, 6.45) is 0. The molecule has 0 saturated carbocycles. The second-order valence-electron chi connectivity index (χ2n) is 5.19. The van der Waals surface area contributed by atoms with Crippen LogP contribution in [-0.2, 0) is 17.0 Å². The van der Waals surface area contributed by atoms with Crippen LogP contribution in [0, 0.1) is 13.1 Å². The first-order chi connectivity index (χ1) is 5.41. The van der Waals surface area contributed by atoms with Gasteiger partial charge in [0.15, 0.2) is 0 Å². The molecule has 0 aromatic heterocycles. The molecule has 0 aromatic rings. The van der Waals surface area contributed by atoms with Gasteiger partial charge in [0, 0.05) is 0 Å². The summed E-state index contributed by atoms with van der Waals surface area (Å²) in [7, 11) is 8.06. The van der Waals surface area contributed by atoms with Gasteiger partial charge in [0.1, 0.15) is 0 Å². The fourth-order valence-electron chi connectivity index (χ4n) is 0. The Kier molecular flexibility index (Phi) is 15.9. The topological polar surface area (TPSA) is 0 Å². The summed E-state index contributed by atoms with van der Waals surface area (Å²) in [4.78, 5) is 0. The first kappa shape index (κ1) is 20.2. The maximum absolute atomic E-state index is 4.89. The van der Waals surface area contributed by atoms with E-state index in [-0.39, 0.29) is 0 Å². The summed E-state index contributed by atoms with van der Waals surface area (Å²) in [5, 5.41) is 0. The van der Waals surface area contributed by atoms with Gasteiger partial charge in [0.05, 0.1) is 0 Å². The van der Waals surface area contributed by atoms with E-state index in [0.29, 0.717) is 0 Å². The molecule has 0 bridgehead atoms. The van der Waals surface area contributed by atoms with Crippen LogP contribution in [0.3, 0.4) is 0 Å². The van der Waals surface area contributed by atoms with Crippen molar-refractivity contribution in [2.75, 3.05) is 0 Å². The summed E-state index contributed by atoms with van der Waals surface area (Å²) >= 11 is -0.556. The number of hydrogen-bond donors (Lipinski definition) is 0. The molecule has 0 radical (unpaired) electrons. The van der Waals surface area contributed by atoms with Crippen molar-refractivity contribution in [3.8, 4) is 0 Å². The zero-order valence-corrected chi connectivity index (χ0v) is 14.7. The van der Waals surface area contributed by atoms with Crippen molar-refractivity contribution in [1.82, 2.24) is 0 Å². The first-order valence-corrected chi connectivity index (χ1v) is 15.8. The molecule has 0 fully saturated rings. The molecule has 0 atom stereocenters. The molecule has 0 aromatic carbocycles. The molecule has 0 amide bonds. The zero-order chi connectivity index (χ0) is 11.7. The number of halogens is 2. The molecule has 0 N–H and O–H groups in total. The molecule has 0 spiro atoms. The third-order valence-electron chi connectivity index (χ3n) is 0. The Morgan fingerprint density at radius 2 is 0.769 bits per heavy atom. The normalized spacial score (nSPS) is 10.3. The van der Waals surface area contributed by atoms with Crippen LogP contribution in [-0.4, -0.2) is 16.1 Å². The van der Waals surface area contributed by atoms with E-state index in [0.717, 1.165) is 0 Å². The van der Waals surface area contributed by atoms with Crippen molar-refractivity contribution in [3.05, 3.63) is 13.1 Å². The van der Waals surface area contributed by atoms with Crippen LogP contribution < -0.4 is 0 Å². The van der Waals surface area contributed by atoms with E-state index in [1.54, 1.807) is 0 Å². The van der Waals surface area contributed by atoms with Gasteiger partial charge in [-0.05, 0) is 0 Å². The van der Waals surface area contributed by atoms with Crippen molar-refractivity contribution in [2.24, 2.45) is 0 Å². The van der Waals surface area contributed by atoms with Gasteiger partial charge in [-0.3, -0.25) is 0 Å². The van der Waals surface area contributed by atoms with E-state index in [9.17, 15) is 0 Å². The van der Waals surface area contributed by atoms with Crippen molar-refractivity contribution in [3.63, 3.8) is 0 Å². The molecular formula is C8H22Cl2Si2Ti-2. The summed E-state index contributed by atoms with van der Waals surface area (Å²) < 4.78 is 0. The molecule has 0 saturated heterocycles. The van der Waals surface area contributed by atoms with Gasteiger partial charge in [-0.2, -0.15) is 0 Å². The Hall–Kier alpha value is 1.73. The van der Waals surface area contributed by atoms with E-state index in [2.05, 4.69) is 52.4 Å². The van der Waals surface area contributed by atoms with E-state index in [1.165, 1.54) is 0 Å². The van der Waals surface area contributed by atoms with Crippen LogP contribution in [0.5, 0.6) is 0 Å². The monoisotopic (exact) mass is 292 g/mol. The van der Waals surface area contributed by atoms with E-state index in [1.807, 2.05) is 0 Å². The Morgan fingerprint density at radius 1 is 0.769 bits per heavy atom. The third-order valence-corrected chi connectivity index (χ3v) is 0. The van der Waals surface area contributed by atoms with Gasteiger partial charge in [-0.1, -0.05) is 39.3 Å². The van der Waals surface area contributed by atoms with Crippen LogP contribution in [0.15, 0.2) is 0 Å². The second-order valence-corrected chi connectivity index (χ2v) is 18.0. The van der Waals surface area contributed by atoms with Crippen LogP contribution in [0.1, 0.15) is 0 Å². The van der Waals surface area contributed by atoms with Gasteiger partial charge in [0.25, 0.3) is 0 Å². The minimum absolute atomic E-state index is 0.556. The first-order valence-electron chi connectivity index (χ1n) is 4.09. The fourth-order valence-corrected chi connectivity index (χ4v) is 0. The van der Waals surface area contributed by atoms with Gasteiger partial charge in [-0.15, -0.1) is 16.1 Å². The van der Waals surface area contributed by atoms with Crippen molar-refractivity contribution >= 4 is 34.8 Å². The van der Waals surface area contributed by atoms with Crippen molar-refractivity contribution in [1.29, 1.82) is 0 Å². The van der Waals surface area contributed by atoms with Gasteiger partial charge >= 0.3 is 35.6 Å². The average Bonchev–Trinajstić information content (AvgIpc) is 1.52. The molecule has 0 aliphatic carbocycles. The van der Waals surface area contributed by atoms with Crippen LogP contribution >= 0.6 is 18.6 Å². The van der Waals surface area contributed by atoms with E-state index in [4.69, 9.17) is 18.6 Å². The molecule has 0 nitrogen and oxygen atoms in total. The van der Waals surface area contributed by atoms with Crippen LogP contribution in [0.2, 0.25) is 39.3 Å². The molecule has 82 valence electrons. The molecular weight excluding hydrogens is 271 g/mol. The molecule has 0 heterocycles. The summed E-state index contributed by atoms with van der Waals surface area (Å²) in [6.45, 7) is 21.1. The fraction of sp³-hybridized carbons (Fsp3) is 0.750. The Bertz CT molecular complexity index is 73.3. The quantitative estimate of drug-likeness (QED) is 0.446. The van der Waals surface area contributed by atoms with Crippen LogP contribution in [0.4, 0.5) is 0 Å².